The zero-order chi connectivity index (χ0) is 15.5. The molecular weight excluding hydrogens is 345 g/mol. The number of thiophene rings is 1. The van der Waals surface area contributed by atoms with Crippen LogP contribution in [0, 0.1) is 0 Å². The smallest absolute Gasteiger partial charge is 0.248 e. The van der Waals surface area contributed by atoms with Gasteiger partial charge in [0.2, 0.25) is 11.7 Å². The number of carbonyl (C=O) groups excluding carboxylic acids is 1. The highest BCUT2D eigenvalue weighted by Gasteiger charge is 2.10. The monoisotopic (exact) mass is 353 g/mol. The van der Waals surface area contributed by atoms with Crippen LogP contribution in [0.15, 0.2) is 35.7 Å². The molecule has 2 heterocycles. The van der Waals surface area contributed by atoms with Gasteiger partial charge in [-0.05, 0) is 34.9 Å². The minimum atomic E-state index is -0.284. The fraction of sp³-hybridized carbons (Fsp3) is 0.0769. The largest absolute Gasteiger partial charge is 0.324 e. The molecule has 0 aliphatic heterocycles. The number of benzene rings is 1. The molecule has 0 saturated carbocycles. The molecule has 9 heteroatoms. The highest BCUT2D eigenvalue weighted by Crippen LogP contribution is 2.25. The van der Waals surface area contributed by atoms with Gasteiger partial charge in [0.25, 0.3) is 0 Å². The third-order valence-corrected chi connectivity index (χ3v) is 4.29. The number of anilines is 1. The molecule has 2 aromatic heterocycles. The summed E-state index contributed by atoms with van der Waals surface area (Å²) in [5.41, 5.74) is 0.554. The first-order valence-corrected chi connectivity index (χ1v) is 7.82. The normalized spacial score (nSPS) is 10.6. The average molecular weight is 354 g/mol. The van der Waals surface area contributed by atoms with Gasteiger partial charge in [0, 0.05) is 5.69 Å². The van der Waals surface area contributed by atoms with Crippen LogP contribution in [0.5, 0.6) is 0 Å². The lowest BCUT2D eigenvalue weighted by Gasteiger charge is -2.05. The molecule has 0 spiro atoms. The Kier molecular flexibility index (Phi) is 4.37. The fourth-order valence-electron chi connectivity index (χ4n) is 1.72. The van der Waals surface area contributed by atoms with Crippen LogP contribution in [0.2, 0.25) is 10.0 Å². The number of hydrogen-bond donors (Lipinski definition) is 1. The van der Waals surface area contributed by atoms with E-state index in [0.29, 0.717) is 21.6 Å². The predicted octanol–water partition coefficient (Wildman–Crippen LogP) is 3.35. The lowest BCUT2D eigenvalue weighted by molar-refractivity contribution is -0.117. The van der Waals surface area contributed by atoms with Crippen LogP contribution in [0.4, 0.5) is 5.69 Å². The van der Waals surface area contributed by atoms with Crippen molar-refractivity contribution in [3.8, 4) is 10.7 Å². The molecule has 0 aliphatic carbocycles. The summed E-state index contributed by atoms with van der Waals surface area (Å²) < 4.78 is 0. The Morgan fingerprint density at radius 2 is 2.14 bits per heavy atom. The number of halogens is 2. The number of amides is 1. The molecule has 0 aliphatic rings. The average Bonchev–Trinajstić information content (AvgIpc) is 3.13. The molecule has 3 aromatic rings. The standard InChI is InChI=1S/C13H9Cl2N5OS/c14-9-4-3-8(6-10(9)15)16-12(21)7-20-18-13(17-19-20)11-2-1-5-22-11/h1-6H,7H2,(H,16,21). The van der Waals surface area contributed by atoms with Crippen LogP contribution in [-0.2, 0) is 11.3 Å². The Hall–Kier alpha value is -1.96. The van der Waals surface area contributed by atoms with Crippen LogP contribution < -0.4 is 5.32 Å². The van der Waals surface area contributed by atoms with Crippen LogP contribution in [0.25, 0.3) is 10.7 Å². The molecule has 0 fully saturated rings. The zero-order valence-electron chi connectivity index (χ0n) is 11.0. The molecule has 0 bridgehead atoms. The molecule has 1 N–H and O–H groups in total. The molecular formula is C13H9Cl2N5OS. The molecule has 112 valence electrons. The van der Waals surface area contributed by atoms with Crippen molar-refractivity contribution in [3.63, 3.8) is 0 Å². The molecule has 1 aromatic carbocycles. The van der Waals surface area contributed by atoms with E-state index < -0.39 is 0 Å². The van der Waals surface area contributed by atoms with Crippen molar-refractivity contribution in [2.75, 3.05) is 5.32 Å². The number of carbonyl (C=O) groups is 1. The second-order valence-corrected chi connectivity index (χ2v) is 6.06. The van der Waals surface area contributed by atoms with E-state index in [1.807, 2.05) is 17.5 Å². The topological polar surface area (TPSA) is 72.7 Å². The number of aromatic nitrogens is 4. The Bertz CT molecular complexity index is 803. The number of nitrogens with one attached hydrogen (secondary N) is 1. The number of hydrogen-bond acceptors (Lipinski definition) is 5. The maximum Gasteiger partial charge on any atom is 0.248 e. The SMILES string of the molecule is O=C(Cn1nnc(-c2cccs2)n1)Nc1ccc(Cl)c(Cl)c1. The molecule has 6 nitrogen and oxygen atoms in total. The lowest BCUT2D eigenvalue weighted by Crippen LogP contribution is -2.20. The zero-order valence-corrected chi connectivity index (χ0v) is 13.4. The second kappa shape index (κ2) is 6.43. The van der Waals surface area contributed by atoms with Gasteiger partial charge in [0.15, 0.2) is 0 Å². The first kappa shape index (κ1) is 15.0. The number of nitrogens with zero attached hydrogens (tertiary/aromatic N) is 4. The van der Waals surface area contributed by atoms with Crippen molar-refractivity contribution in [3.05, 3.63) is 45.8 Å². The third kappa shape index (κ3) is 3.44. The van der Waals surface area contributed by atoms with E-state index in [2.05, 4.69) is 20.7 Å². The van der Waals surface area contributed by atoms with Gasteiger partial charge in [-0.25, -0.2) is 0 Å². The predicted molar refractivity (Wildman–Crippen MR) is 86.2 cm³/mol. The van der Waals surface area contributed by atoms with Gasteiger partial charge in [-0.2, -0.15) is 4.80 Å². The van der Waals surface area contributed by atoms with Gasteiger partial charge in [-0.3, -0.25) is 4.79 Å². The summed E-state index contributed by atoms with van der Waals surface area (Å²) in [5, 5.41) is 17.4. The highest BCUT2D eigenvalue weighted by atomic mass is 35.5. The Morgan fingerprint density at radius 3 is 2.86 bits per heavy atom. The summed E-state index contributed by atoms with van der Waals surface area (Å²) in [4.78, 5) is 14.1. The van der Waals surface area contributed by atoms with Crippen LogP contribution >= 0.6 is 34.5 Å². The maximum absolute atomic E-state index is 12.0. The van der Waals surface area contributed by atoms with Gasteiger partial charge in [0.05, 0.1) is 14.9 Å². The van der Waals surface area contributed by atoms with E-state index in [1.165, 1.54) is 16.1 Å². The van der Waals surface area contributed by atoms with Gasteiger partial charge in [0.1, 0.15) is 6.54 Å². The summed E-state index contributed by atoms with van der Waals surface area (Å²) >= 11 is 13.2. The van der Waals surface area contributed by atoms with Crippen molar-refractivity contribution in [2.45, 2.75) is 6.54 Å². The number of tetrazole rings is 1. The molecule has 0 atom stereocenters. The van der Waals surface area contributed by atoms with Gasteiger partial charge >= 0.3 is 0 Å². The summed E-state index contributed by atoms with van der Waals surface area (Å²) in [7, 11) is 0. The molecule has 0 unspecified atom stereocenters. The first-order valence-electron chi connectivity index (χ1n) is 6.18. The van der Waals surface area contributed by atoms with Crippen molar-refractivity contribution in [1.29, 1.82) is 0 Å². The summed E-state index contributed by atoms with van der Waals surface area (Å²) in [6.07, 6.45) is 0. The molecule has 0 saturated heterocycles. The second-order valence-electron chi connectivity index (χ2n) is 4.30. The summed E-state index contributed by atoms with van der Waals surface area (Å²) in [6.45, 7) is -0.0430. The molecule has 22 heavy (non-hydrogen) atoms. The minimum absolute atomic E-state index is 0.0430. The quantitative estimate of drug-likeness (QED) is 0.780. The fourth-order valence-corrected chi connectivity index (χ4v) is 2.66. The Balaban J connectivity index is 1.65. The van der Waals surface area contributed by atoms with E-state index >= 15 is 0 Å². The van der Waals surface area contributed by atoms with Crippen LogP contribution in [-0.4, -0.2) is 26.1 Å². The summed E-state index contributed by atoms with van der Waals surface area (Å²) in [5.74, 6) is 0.214. The maximum atomic E-state index is 12.0. The van der Waals surface area contributed by atoms with Crippen molar-refractivity contribution >= 4 is 46.1 Å². The van der Waals surface area contributed by atoms with Crippen molar-refractivity contribution in [2.24, 2.45) is 0 Å². The van der Waals surface area contributed by atoms with E-state index in [0.717, 1.165) is 4.88 Å². The third-order valence-electron chi connectivity index (χ3n) is 2.68. The number of rotatable bonds is 4. The van der Waals surface area contributed by atoms with E-state index in [4.69, 9.17) is 23.2 Å². The Labute approximate surface area is 139 Å². The van der Waals surface area contributed by atoms with E-state index in [1.54, 1.807) is 18.2 Å². The highest BCUT2D eigenvalue weighted by molar-refractivity contribution is 7.13. The van der Waals surface area contributed by atoms with Crippen molar-refractivity contribution < 1.29 is 4.79 Å². The van der Waals surface area contributed by atoms with Gasteiger partial charge in [-0.15, -0.1) is 21.5 Å². The minimum Gasteiger partial charge on any atom is -0.324 e. The molecule has 0 radical (unpaired) electrons. The summed E-state index contributed by atoms with van der Waals surface area (Å²) in [6, 6.07) is 8.65. The molecule has 3 rings (SSSR count). The van der Waals surface area contributed by atoms with Crippen LogP contribution in [0.1, 0.15) is 0 Å². The Morgan fingerprint density at radius 1 is 1.27 bits per heavy atom. The lowest BCUT2D eigenvalue weighted by atomic mass is 10.3. The molecule has 1 amide bonds. The van der Waals surface area contributed by atoms with Gasteiger partial charge < -0.3 is 5.32 Å². The van der Waals surface area contributed by atoms with Gasteiger partial charge in [-0.1, -0.05) is 29.3 Å². The van der Waals surface area contributed by atoms with Crippen LogP contribution in [0.3, 0.4) is 0 Å². The van der Waals surface area contributed by atoms with Crippen molar-refractivity contribution in [1.82, 2.24) is 20.2 Å². The first-order chi connectivity index (χ1) is 10.6. The van der Waals surface area contributed by atoms with E-state index in [-0.39, 0.29) is 12.5 Å². The van der Waals surface area contributed by atoms with E-state index in [9.17, 15) is 4.79 Å².